The lowest BCUT2D eigenvalue weighted by Crippen LogP contribution is -2.40. The summed E-state index contributed by atoms with van der Waals surface area (Å²) in [5.74, 6) is -3.66. The molecule has 150 valence electrons. The van der Waals surface area contributed by atoms with Gasteiger partial charge in [-0.05, 0) is 38.1 Å². The Morgan fingerprint density at radius 1 is 1.11 bits per heavy atom. The van der Waals surface area contributed by atoms with Gasteiger partial charge in [-0.15, -0.1) is 0 Å². The highest BCUT2D eigenvalue weighted by molar-refractivity contribution is 7.89. The molecule has 0 spiro atoms. The van der Waals surface area contributed by atoms with Crippen LogP contribution in [-0.4, -0.2) is 32.9 Å². The summed E-state index contributed by atoms with van der Waals surface area (Å²) in [5, 5.41) is 2.11. The van der Waals surface area contributed by atoms with E-state index in [0.717, 1.165) is 17.7 Å². The molecule has 28 heavy (non-hydrogen) atoms. The van der Waals surface area contributed by atoms with Gasteiger partial charge in [0.1, 0.15) is 17.7 Å². The quantitative estimate of drug-likeness (QED) is 0.679. The van der Waals surface area contributed by atoms with Crippen LogP contribution in [0.2, 0.25) is 0 Å². The molecule has 0 heterocycles. The van der Waals surface area contributed by atoms with Gasteiger partial charge in [0.25, 0.3) is 5.91 Å². The van der Waals surface area contributed by atoms with Crippen LogP contribution in [0.5, 0.6) is 0 Å². The molecule has 7 nitrogen and oxygen atoms in total. The van der Waals surface area contributed by atoms with Crippen molar-refractivity contribution < 1.29 is 31.5 Å². The molecule has 0 aliphatic heterocycles. The van der Waals surface area contributed by atoms with E-state index in [2.05, 4.69) is 10.0 Å². The first kappa shape index (κ1) is 21.5. The van der Waals surface area contributed by atoms with Crippen molar-refractivity contribution in [1.82, 2.24) is 4.72 Å². The Morgan fingerprint density at radius 2 is 1.75 bits per heavy atom. The van der Waals surface area contributed by atoms with E-state index in [1.165, 1.54) is 19.1 Å². The number of esters is 1. The highest BCUT2D eigenvalue weighted by atomic mass is 32.2. The van der Waals surface area contributed by atoms with E-state index in [1.54, 1.807) is 19.1 Å². The number of amides is 1. The predicted molar refractivity (Wildman–Crippen MR) is 96.9 cm³/mol. The molecular formula is C18H18F2N2O5S. The van der Waals surface area contributed by atoms with Crippen LogP contribution in [0.1, 0.15) is 12.5 Å². The van der Waals surface area contributed by atoms with E-state index >= 15 is 0 Å². The fraction of sp³-hybridized carbons (Fsp3) is 0.222. The predicted octanol–water partition coefficient (Wildman–Crippen LogP) is 2.12. The lowest BCUT2D eigenvalue weighted by Gasteiger charge is -2.14. The van der Waals surface area contributed by atoms with Crippen molar-refractivity contribution in [2.45, 2.75) is 24.8 Å². The Kier molecular flexibility index (Phi) is 6.81. The molecular weight excluding hydrogens is 394 g/mol. The van der Waals surface area contributed by atoms with Gasteiger partial charge < -0.3 is 10.1 Å². The molecule has 2 aromatic carbocycles. The molecule has 0 fully saturated rings. The number of nitrogens with one attached hydrogen (secondary N) is 2. The fourth-order valence-electron chi connectivity index (χ4n) is 2.11. The molecule has 2 rings (SSSR count). The third kappa shape index (κ3) is 5.83. The third-order valence-corrected chi connectivity index (χ3v) is 5.12. The maximum atomic E-state index is 13.5. The van der Waals surface area contributed by atoms with E-state index in [4.69, 9.17) is 4.74 Å². The van der Waals surface area contributed by atoms with Crippen LogP contribution in [0.25, 0.3) is 0 Å². The first-order chi connectivity index (χ1) is 13.1. The number of carbonyl (C=O) groups is 2. The average molecular weight is 412 g/mol. The highest BCUT2D eigenvalue weighted by Crippen LogP contribution is 2.15. The van der Waals surface area contributed by atoms with Gasteiger partial charge in [0, 0.05) is 6.07 Å². The third-order valence-electron chi connectivity index (χ3n) is 3.57. The fourth-order valence-corrected chi connectivity index (χ4v) is 3.30. The van der Waals surface area contributed by atoms with E-state index in [0.29, 0.717) is 6.07 Å². The van der Waals surface area contributed by atoms with E-state index in [-0.39, 0.29) is 10.6 Å². The summed E-state index contributed by atoms with van der Waals surface area (Å²) in [6.45, 7) is 2.28. The number of anilines is 1. The number of aryl methyl sites for hydroxylation is 1. The summed E-state index contributed by atoms with van der Waals surface area (Å²) >= 11 is 0. The molecule has 2 N–H and O–H groups in total. The maximum Gasteiger partial charge on any atom is 0.324 e. The Labute approximate surface area is 160 Å². The molecule has 0 aliphatic carbocycles. The number of benzene rings is 2. The number of hydrogen-bond acceptors (Lipinski definition) is 5. The number of sulfonamides is 1. The average Bonchev–Trinajstić information content (AvgIpc) is 2.62. The molecule has 0 bridgehead atoms. The van der Waals surface area contributed by atoms with Gasteiger partial charge in [-0.3, -0.25) is 9.59 Å². The van der Waals surface area contributed by atoms with Crippen molar-refractivity contribution >= 4 is 27.6 Å². The normalized spacial score (nSPS) is 12.3. The van der Waals surface area contributed by atoms with Crippen LogP contribution in [-0.2, 0) is 24.3 Å². The highest BCUT2D eigenvalue weighted by Gasteiger charge is 2.23. The summed E-state index contributed by atoms with van der Waals surface area (Å²) in [5.41, 5.74) is 0.589. The molecule has 0 radical (unpaired) electrons. The number of carbonyl (C=O) groups excluding carboxylic acids is 2. The van der Waals surface area contributed by atoms with Crippen molar-refractivity contribution in [2.75, 3.05) is 11.9 Å². The van der Waals surface area contributed by atoms with Gasteiger partial charge in [0.05, 0.1) is 10.6 Å². The molecule has 0 aromatic heterocycles. The number of halogens is 2. The van der Waals surface area contributed by atoms with Gasteiger partial charge in [-0.1, -0.05) is 17.7 Å². The standard InChI is InChI=1S/C18H18F2N2O5S/c1-11-3-6-14(7-4-11)28(25,26)22-12(2)18(24)27-10-17(23)21-16-8-5-13(19)9-15(16)20/h3-9,12,22H,10H2,1-2H3,(H,21,23)/t12-/m0/s1. The van der Waals surface area contributed by atoms with Crippen molar-refractivity contribution in [3.63, 3.8) is 0 Å². The lowest BCUT2D eigenvalue weighted by atomic mass is 10.2. The Bertz CT molecular complexity index is 978. The van der Waals surface area contributed by atoms with Gasteiger partial charge >= 0.3 is 5.97 Å². The molecule has 2 aromatic rings. The van der Waals surface area contributed by atoms with E-state index in [9.17, 15) is 26.8 Å². The van der Waals surface area contributed by atoms with Crippen LogP contribution in [0.3, 0.4) is 0 Å². The second-order valence-electron chi connectivity index (χ2n) is 5.94. The minimum atomic E-state index is -3.95. The number of rotatable bonds is 7. The van der Waals surface area contributed by atoms with Crippen molar-refractivity contribution in [3.05, 3.63) is 59.7 Å². The van der Waals surface area contributed by atoms with Crippen LogP contribution in [0.15, 0.2) is 47.4 Å². The van der Waals surface area contributed by atoms with Crippen molar-refractivity contribution in [2.24, 2.45) is 0 Å². The Balaban J connectivity index is 1.89. The zero-order valence-electron chi connectivity index (χ0n) is 15.0. The first-order valence-corrected chi connectivity index (χ1v) is 9.57. The Hall–Kier alpha value is -2.85. The van der Waals surface area contributed by atoms with Gasteiger partial charge in [0.2, 0.25) is 10.0 Å². The smallest absolute Gasteiger partial charge is 0.324 e. The Morgan fingerprint density at radius 3 is 2.36 bits per heavy atom. The summed E-state index contributed by atoms with van der Waals surface area (Å²) < 4.78 is 57.6. The molecule has 0 unspecified atom stereocenters. The monoisotopic (exact) mass is 412 g/mol. The van der Waals surface area contributed by atoms with Gasteiger partial charge in [-0.25, -0.2) is 17.2 Å². The molecule has 0 saturated carbocycles. The summed E-state index contributed by atoms with van der Waals surface area (Å²) in [4.78, 5) is 23.6. The molecule has 1 atom stereocenters. The molecule has 0 aliphatic rings. The second-order valence-corrected chi connectivity index (χ2v) is 7.65. The van der Waals surface area contributed by atoms with Crippen LogP contribution in [0.4, 0.5) is 14.5 Å². The molecule has 1 amide bonds. The SMILES string of the molecule is Cc1ccc(S(=O)(=O)N[C@@H](C)C(=O)OCC(=O)Nc2ccc(F)cc2F)cc1. The molecule has 0 saturated heterocycles. The lowest BCUT2D eigenvalue weighted by molar-refractivity contribution is -0.148. The second kappa shape index (κ2) is 8.89. The number of hydrogen-bond donors (Lipinski definition) is 2. The topological polar surface area (TPSA) is 102 Å². The summed E-state index contributed by atoms with van der Waals surface area (Å²) in [7, 11) is -3.95. The minimum absolute atomic E-state index is 0.0257. The van der Waals surface area contributed by atoms with E-state index in [1.807, 2.05) is 0 Å². The summed E-state index contributed by atoms with van der Waals surface area (Å²) in [6, 6.07) is 7.29. The van der Waals surface area contributed by atoms with Gasteiger partial charge in [0.15, 0.2) is 6.61 Å². The number of ether oxygens (including phenoxy) is 1. The first-order valence-electron chi connectivity index (χ1n) is 8.09. The maximum absolute atomic E-state index is 13.5. The zero-order valence-corrected chi connectivity index (χ0v) is 15.8. The van der Waals surface area contributed by atoms with Crippen molar-refractivity contribution in [1.29, 1.82) is 0 Å². The van der Waals surface area contributed by atoms with Crippen LogP contribution >= 0.6 is 0 Å². The van der Waals surface area contributed by atoms with Gasteiger partial charge in [-0.2, -0.15) is 4.72 Å². The van der Waals surface area contributed by atoms with E-state index < -0.39 is 46.2 Å². The van der Waals surface area contributed by atoms with Crippen LogP contribution < -0.4 is 10.0 Å². The summed E-state index contributed by atoms with van der Waals surface area (Å²) in [6.07, 6.45) is 0. The largest absolute Gasteiger partial charge is 0.454 e. The molecule has 10 heteroatoms. The minimum Gasteiger partial charge on any atom is -0.454 e. The zero-order chi connectivity index (χ0) is 20.9. The van der Waals surface area contributed by atoms with Crippen LogP contribution in [0, 0.1) is 18.6 Å². The van der Waals surface area contributed by atoms with Crippen molar-refractivity contribution in [3.8, 4) is 0 Å².